The highest BCUT2D eigenvalue weighted by atomic mass is 16.6. The molecule has 0 bridgehead atoms. The summed E-state index contributed by atoms with van der Waals surface area (Å²) >= 11 is 0. The molecular weight excluding hydrogens is 745 g/mol. The minimum absolute atomic E-state index is 0.130. The number of carbonyl (C=O) groups is 3. The minimum atomic E-state index is -0.832. The molecule has 0 aromatic heterocycles. The first-order valence-electron chi connectivity index (χ1n) is 23.5. The Kier molecular flexibility index (Phi) is 44.2. The molecule has 0 aliphatic rings. The number of carbonyl (C=O) groups excluding carboxylic acids is 3. The summed E-state index contributed by atoms with van der Waals surface area (Å²) < 4.78 is 16.6. The number of hydrogen-bond acceptors (Lipinski definition) is 6. The van der Waals surface area contributed by atoms with Crippen molar-refractivity contribution in [2.75, 3.05) is 13.2 Å². The summed E-state index contributed by atoms with van der Waals surface area (Å²) in [6, 6.07) is 0. The highest BCUT2D eigenvalue weighted by Gasteiger charge is 2.19. The van der Waals surface area contributed by atoms with Crippen molar-refractivity contribution >= 4 is 17.9 Å². The van der Waals surface area contributed by atoms with Gasteiger partial charge in [0.05, 0.1) is 0 Å². The predicted octanol–water partition coefficient (Wildman–Crippen LogP) is 15.4. The molecule has 6 nitrogen and oxygen atoms in total. The van der Waals surface area contributed by atoms with E-state index in [0.29, 0.717) is 12.8 Å². The van der Waals surface area contributed by atoms with Gasteiger partial charge in [0.25, 0.3) is 0 Å². The van der Waals surface area contributed by atoms with E-state index in [1.54, 1.807) is 0 Å². The van der Waals surface area contributed by atoms with Gasteiger partial charge in [-0.15, -0.1) is 0 Å². The highest BCUT2D eigenvalue weighted by molar-refractivity contribution is 5.71. The van der Waals surface area contributed by atoms with Gasteiger partial charge in [-0.05, 0) is 109 Å². The second kappa shape index (κ2) is 47.5. The van der Waals surface area contributed by atoms with Crippen LogP contribution in [0, 0.1) is 0 Å². The van der Waals surface area contributed by atoms with Crippen LogP contribution >= 0.6 is 0 Å². The zero-order valence-corrected chi connectivity index (χ0v) is 38.2. The average Bonchev–Trinajstić information content (AvgIpc) is 3.24. The number of esters is 3. The van der Waals surface area contributed by atoms with Gasteiger partial charge in [-0.2, -0.15) is 0 Å². The average molecular weight is 829 g/mol. The molecule has 336 valence electrons. The lowest BCUT2D eigenvalue weighted by molar-refractivity contribution is -0.166. The van der Waals surface area contributed by atoms with Gasteiger partial charge < -0.3 is 14.2 Å². The van der Waals surface area contributed by atoms with Crippen molar-refractivity contribution < 1.29 is 28.6 Å². The number of unbranched alkanes of at least 4 members (excludes halogenated alkanes) is 9. The minimum Gasteiger partial charge on any atom is -0.462 e. The van der Waals surface area contributed by atoms with Gasteiger partial charge >= 0.3 is 17.9 Å². The summed E-state index contributed by atoms with van der Waals surface area (Å²) in [4.78, 5) is 37.7. The molecule has 0 saturated carbocycles. The Hall–Kier alpha value is -4.19. The summed E-state index contributed by atoms with van der Waals surface area (Å²) in [6.45, 7) is 6.23. The molecule has 0 aliphatic carbocycles. The van der Waals surface area contributed by atoms with Crippen LogP contribution in [0.5, 0.6) is 0 Å². The molecule has 1 atom stereocenters. The van der Waals surface area contributed by atoms with Crippen molar-refractivity contribution in [3.63, 3.8) is 0 Å². The van der Waals surface area contributed by atoms with E-state index >= 15 is 0 Å². The summed E-state index contributed by atoms with van der Waals surface area (Å²) in [5.41, 5.74) is 0. The third-order valence-electron chi connectivity index (χ3n) is 9.19. The van der Waals surface area contributed by atoms with E-state index in [1.807, 2.05) is 12.2 Å². The summed E-state index contributed by atoms with van der Waals surface area (Å²) in [5.74, 6) is -1.09. The highest BCUT2D eigenvalue weighted by Crippen LogP contribution is 2.10. The first-order valence-corrected chi connectivity index (χ1v) is 23.5. The van der Waals surface area contributed by atoms with E-state index in [2.05, 4.69) is 130 Å². The number of ether oxygens (including phenoxy) is 3. The van der Waals surface area contributed by atoms with Gasteiger partial charge in [-0.3, -0.25) is 14.4 Å². The molecule has 0 spiro atoms. The maximum Gasteiger partial charge on any atom is 0.306 e. The fourth-order valence-electron chi connectivity index (χ4n) is 5.72. The Balaban J connectivity index is 4.55. The van der Waals surface area contributed by atoms with Crippen molar-refractivity contribution in [2.45, 2.75) is 187 Å². The lowest BCUT2D eigenvalue weighted by Gasteiger charge is -2.18. The van der Waals surface area contributed by atoms with Crippen LogP contribution in [0.1, 0.15) is 181 Å². The zero-order valence-electron chi connectivity index (χ0n) is 38.2. The second-order valence-corrected chi connectivity index (χ2v) is 14.9. The standard InChI is InChI=1S/C54H84O6/c1-4-7-10-13-16-19-21-23-25-26-27-28-29-31-32-35-38-41-44-47-53(56)59-50-51(49-58-52(55)46-43-40-37-34-18-15-12-9-6-3)60-54(57)48-45-42-39-36-33-30-24-22-20-17-14-11-8-5-2/h7-8,10-11,16-17,19-20,23-25,27-28,30-32,34,37-38,41,51H,4-6,9,12-15,18,21-22,26,29,33,35-36,39-40,42-50H2,1-3H3/b10-7-,11-8-,19-16-,20-17-,25-23-,28-27-,30-24-,32-31-,37-34-,41-38-. The third-order valence-corrected chi connectivity index (χ3v) is 9.19. The molecule has 0 aliphatic heterocycles. The SMILES string of the molecule is CC/C=C\C/C=C\C/C=C\C/C=C\C/C=C\C/C=C\CCC(=O)OCC(COC(=O)CCC/C=C\CCCCCC)OC(=O)CCCCCC/C=C\C/C=C\C/C=C\CC. The van der Waals surface area contributed by atoms with Gasteiger partial charge in [0.15, 0.2) is 6.10 Å². The van der Waals surface area contributed by atoms with Crippen LogP contribution in [0.15, 0.2) is 122 Å². The lowest BCUT2D eigenvalue weighted by Crippen LogP contribution is -2.30. The van der Waals surface area contributed by atoms with Crippen molar-refractivity contribution in [3.8, 4) is 0 Å². The molecule has 0 heterocycles. The number of allylic oxidation sites excluding steroid dienone is 20. The first kappa shape index (κ1) is 55.8. The van der Waals surface area contributed by atoms with Crippen LogP contribution in [-0.2, 0) is 28.6 Å². The molecule has 60 heavy (non-hydrogen) atoms. The van der Waals surface area contributed by atoms with Crippen LogP contribution in [0.2, 0.25) is 0 Å². The fraction of sp³-hybridized carbons (Fsp3) is 0.574. The normalized spacial score (nSPS) is 13.2. The molecule has 0 N–H and O–H groups in total. The summed E-state index contributed by atoms with van der Waals surface area (Å²) in [5, 5.41) is 0. The van der Waals surface area contributed by atoms with Gasteiger partial charge in [0.1, 0.15) is 13.2 Å². The molecule has 0 amide bonds. The van der Waals surface area contributed by atoms with E-state index in [9.17, 15) is 14.4 Å². The Morgan fingerprint density at radius 2 is 0.700 bits per heavy atom. The number of rotatable bonds is 40. The molecule has 1 unspecified atom stereocenters. The van der Waals surface area contributed by atoms with Gasteiger partial charge in [0.2, 0.25) is 0 Å². The molecule has 0 radical (unpaired) electrons. The maximum absolute atomic E-state index is 12.7. The van der Waals surface area contributed by atoms with E-state index in [4.69, 9.17) is 14.2 Å². The predicted molar refractivity (Wildman–Crippen MR) is 256 cm³/mol. The van der Waals surface area contributed by atoms with Crippen LogP contribution < -0.4 is 0 Å². The Morgan fingerprint density at radius 3 is 1.17 bits per heavy atom. The van der Waals surface area contributed by atoms with Crippen LogP contribution in [0.25, 0.3) is 0 Å². The van der Waals surface area contributed by atoms with E-state index < -0.39 is 6.10 Å². The maximum atomic E-state index is 12.7. The van der Waals surface area contributed by atoms with Gasteiger partial charge in [0, 0.05) is 19.3 Å². The molecule has 0 aromatic carbocycles. The molecule has 0 saturated heterocycles. The molecule has 0 aromatic rings. The van der Waals surface area contributed by atoms with Crippen LogP contribution in [0.4, 0.5) is 0 Å². The second-order valence-electron chi connectivity index (χ2n) is 14.9. The molecule has 0 fully saturated rings. The van der Waals surface area contributed by atoms with Crippen LogP contribution in [-0.4, -0.2) is 37.2 Å². The van der Waals surface area contributed by atoms with Gasteiger partial charge in [-0.1, -0.05) is 174 Å². The topological polar surface area (TPSA) is 78.9 Å². The van der Waals surface area contributed by atoms with Crippen molar-refractivity contribution in [2.24, 2.45) is 0 Å². The van der Waals surface area contributed by atoms with E-state index in [1.165, 1.54) is 25.7 Å². The van der Waals surface area contributed by atoms with E-state index in [-0.39, 0.29) is 50.4 Å². The van der Waals surface area contributed by atoms with Crippen molar-refractivity contribution in [3.05, 3.63) is 122 Å². The van der Waals surface area contributed by atoms with Gasteiger partial charge in [-0.25, -0.2) is 0 Å². The molecular formula is C54H84O6. The lowest BCUT2D eigenvalue weighted by atomic mass is 10.1. The third kappa shape index (κ3) is 44.9. The monoisotopic (exact) mass is 829 g/mol. The summed E-state index contributed by atoms with van der Waals surface area (Å²) in [6.07, 6.45) is 64.9. The molecule has 6 heteroatoms. The Morgan fingerprint density at radius 1 is 0.350 bits per heavy atom. The van der Waals surface area contributed by atoms with Crippen LogP contribution in [0.3, 0.4) is 0 Å². The first-order chi connectivity index (χ1) is 29.5. The number of hydrogen-bond donors (Lipinski definition) is 0. The molecule has 0 rings (SSSR count). The Bertz CT molecular complexity index is 1320. The largest absolute Gasteiger partial charge is 0.462 e. The van der Waals surface area contributed by atoms with Crippen molar-refractivity contribution in [1.29, 1.82) is 0 Å². The Labute approximate surface area is 367 Å². The summed E-state index contributed by atoms with van der Waals surface area (Å²) in [7, 11) is 0. The quantitative estimate of drug-likeness (QED) is 0.0265. The van der Waals surface area contributed by atoms with Crippen molar-refractivity contribution in [1.82, 2.24) is 0 Å². The zero-order chi connectivity index (χ0) is 43.7. The smallest absolute Gasteiger partial charge is 0.306 e. The van der Waals surface area contributed by atoms with E-state index in [0.717, 1.165) is 103 Å². The fourth-order valence-corrected chi connectivity index (χ4v) is 5.72.